The third kappa shape index (κ3) is 4.35. The van der Waals surface area contributed by atoms with Gasteiger partial charge in [0.2, 0.25) is 5.91 Å². The van der Waals surface area contributed by atoms with E-state index in [1.807, 2.05) is 24.3 Å². The van der Waals surface area contributed by atoms with E-state index in [1.54, 1.807) is 20.8 Å². The monoisotopic (exact) mass is 327 g/mol. The molecule has 2 unspecified atom stereocenters. The number of carboxylic acid groups (broad SMARTS) is 1. The first-order chi connectivity index (χ1) is 8.82. The molecule has 0 fully saturated rings. The predicted octanol–water partition coefficient (Wildman–Crippen LogP) is 2.78. The van der Waals surface area contributed by atoms with Crippen LogP contribution in [-0.4, -0.2) is 23.0 Å². The minimum atomic E-state index is -1.01. The minimum absolute atomic E-state index is 0.154. The van der Waals surface area contributed by atoms with Crippen molar-refractivity contribution in [3.8, 4) is 0 Å². The standard InChI is InChI=1S/C14H18BrNO3/c1-8(2)12(14(18)19)16-13(17)9(3)10-4-6-11(15)7-5-10/h4-9,12H,1-3H3,(H,16,17)(H,18,19). The summed E-state index contributed by atoms with van der Waals surface area (Å²) in [5.41, 5.74) is 0.855. The molecule has 0 heterocycles. The van der Waals surface area contributed by atoms with Gasteiger partial charge in [0.25, 0.3) is 0 Å². The van der Waals surface area contributed by atoms with Gasteiger partial charge in [-0.25, -0.2) is 4.79 Å². The van der Waals surface area contributed by atoms with Crippen molar-refractivity contribution in [1.82, 2.24) is 5.32 Å². The summed E-state index contributed by atoms with van der Waals surface area (Å²) in [4.78, 5) is 23.1. The molecular formula is C14H18BrNO3. The summed E-state index contributed by atoms with van der Waals surface area (Å²) in [7, 11) is 0. The van der Waals surface area contributed by atoms with Crippen LogP contribution < -0.4 is 5.32 Å². The highest BCUT2D eigenvalue weighted by molar-refractivity contribution is 9.10. The predicted molar refractivity (Wildman–Crippen MR) is 77.0 cm³/mol. The first-order valence-electron chi connectivity index (χ1n) is 6.11. The fourth-order valence-electron chi connectivity index (χ4n) is 1.69. The molecule has 0 saturated heterocycles. The Morgan fingerprint density at radius 2 is 1.68 bits per heavy atom. The molecule has 104 valence electrons. The van der Waals surface area contributed by atoms with Crippen LogP contribution in [0.3, 0.4) is 0 Å². The molecule has 0 aromatic heterocycles. The molecule has 0 spiro atoms. The molecule has 0 radical (unpaired) electrons. The minimum Gasteiger partial charge on any atom is -0.480 e. The van der Waals surface area contributed by atoms with Gasteiger partial charge >= 0.3 is 5.97 Å². The fourth-order valence-corrected chi connectivity index (χ4v) is 1.96. The lowest BCUT2D eigenvalue weighted by molar-refractivity contribution is -0.143. The van der Waals surface area contributed by atoms with Gasteiger partial charge in [0.05, 0.1) is 5.92 Å². The Labute approximate surface area is 121 Å². The van der Waals surface area contributed by atoms with Gasteiger partial charge in [-0.05, 0) is 30.5 Å². The number of carbonyl (C=O) groups is 2. The molecule has 1 amide bonds. The van der Waals surface area contributed by atoms with E-state index < -0.39 is 12.0 Å². The average Bonchev–Trinajstić information content (AvgIpc) is 2.34. The highest BCUT2D eigenvalue weighted by Gasteiger charge is 2.26. The van der Waals surface area contributed by atoms with Crippen molar-refractivity contribution in [3.63, 3.8) is 0 Å². The van der Waals surface area contributed by atoms with Crippen molar-refractivity contribution in [2.45, 2.75) is 32.7 Å². The van der Waals surface area contributed by atoms with Crippen LogP contribution in [0.2, 0.25) is 0 Å². The van der Waals surface area contributed by atoms with E-state index in [0.29, 0.717) is 0 Å². The van der Waals surface area contributed by atoms with E-state index in [-0.39, 0.29) is 17.7 Å². The zero-order chi connectivity index (χ0) is 14.6. The quantitative estimate of drug-likeness (QED) is 0.873. The zero-order valence-corrected chi connectivity index (χ0v) is 12.8. The SMILES string of the molecule is CC(C(=O)NC(C(=O)O)C(C)C)c1ccc(Br)cc1. The molecule has 4 nitrogen and oxygen atoms in total. The Bertz CT molecular complexity index is 456. The Hall–Kier alpha value is -1.36. The van der Waals surface area contributed by atoms with Crippen molar-refractivity contribution in [3.05, 3.63) is 34.3 Å². The summed E-state index contributed by atoms with van der Waals surface area (Å²) in [5, 5.41) is 11.6. The number of aliphatic carboxylic acids is 1. The molecule has 5 heteroatoms. The van der Waals surface area contributed by atoms with E-state index in [1.165, 1.54) is 0 Å². The first kappa shape index (κ1) is 15.7. The maximum atomic E-state index is 12.1. The van der Waals surface area contributed by atoms with Gasteiger partial charge in [-0.3, -0.25) is 4.79 Å². The van der Waals surface area contributed by atoms with Crippen LogP contribution in [0.5, 0.6) is 0 Å². The molecule has 1 aromatic rings. The van der Waals surface area contributed by atoms with Crippen molar-refractivity contribution < 1.29 is 14.7 Å². The van der Waals surface area contributed by atoms with Gasteiger partial charge in [0.15, 0.2) is 0 Å². The second kappa shape index (κ2) is 6.70. The van der Waals surface area contributed by atoms with E-state index in [9.17, 15) is 9.59 Å². The Morgan fingerprint density at radius 3 is 2.11 bits per heavy atom. The molecule has 19 heavy (non-hydrogen) atoms. The highest BCUT2D eigenvalue weighted by Crippen LogP contribution is 2.19. The Balaban J connectivity index is 2.77. The number of hydrogen-bond acceptors (Lipinski definition) is 2. The highest BCUT2D eigenvalue weighted by atomic mass is 79.9. The normalized spacial score (nSPS) is 13.9. The molecule has 2 atom stereocenters. The molecule has 0 aliphatic carbocycles. The smallest absolute Gasteiger partial charge is 0.326 e. The van der Waals surface area contributed by atoms with Crippen LogP contribution in [0.4, 0.5) is 0 Å². The lowest BCUT2D eigenvalue weighted by Gasteiger charge is -2.20. The van der Waals surface area contributed by atoms with Crippen LogP contribution in [0.1, 0.15) is 32.3 Å². The topological polar surface area (TPSA) is 66.4 Å². The molecule has 1 aromatic carbocycles. The van der Waals surface area contributed by atoms with Gasteiger partial charge in [0, 0.05) is 4.47 Å². The van der Waals surface area contributed by atoms with Crippen molar-refractivity contribution in [2.75, 3.05) is 0 Å². The van der Waals surface area contributed by atoms with Crippen molar-refractivity contribution in [2.24, 2.45) is 5.92 Å². The molecule has 0 aliphatic rings. The van der Waals surface area contributed by atoms with E-state index in [4.69, 9.17) is 5.11 Å². The van der Waals surface area contributed by atoms with Crippen molar-refractivity contribution >= 4 is 27.8 Å². The summed E-state index contributed by atoms with van der Waals surface area (Å²) in [6, 6.07) is 6.55. The Kier molecular flexibility index (Phi) is 5.54. The van der Waals surface area contributed by atoms with Crippen LogP contribution in [0, 0.1) is 5.92 Å². The number of benzene rings is 1. The van der Waals surface area contributed by atoms with Gasteiger partial charge < -0.3 is 10.4 Å². The van der Waals surface area contributed by atoms with Gasteiger partial charge in [0.1, 0.15) is 6.04 Å². The molecule has 1 rings (SSSR count). The molecule has 0 bridgehead atoms. The van der Waals surface area contributed by atoms with Gasteiger partial charge in [-0.15, -0.1) is 0 Å². The molecule has 0 aliphatic heterocycles. The number of carbonyl (C=O) groups excluding carboxylic acids is 1. The number of halogens is 1. The number of carboxylic acids is 1. The molecular weight excluding hydrogens is 310 g/mol. The fraction of sp³-hybridized carbons (Fsp3) is 0.429. The number of amides is 1. The summed E-state index contributed by atoms with van der Waals surface area (Å²) in [6.07, 6.45) is 0. The third-order valence-electron chi connectivity index (χ3n) is 2.99. The number of rotatable bonds is 5. The molecule has 2 N–H and O–H groups in total. The summed E-state index contributed by atoms with van der Waals surface area (Å²) in [5.74, 6) is -1.82. The number of hydrogen-bond donors (Lipinski definition) is 2. The average molecular weight is 328 g/mol. The van der Waals surface area contributed by atoms with E-state index in [0.717, 1.165) is 10.0 Å². The van der Waals surface area contributed by atoms with Gasteiger partial charge in [-0.2, -0.15) is 0 Å². The first-order valence-corrected chi connectivity index (χ1v) is 6.91. The maximum absolute atomic E-state index is 12.1. The van der Waals surface area contributed by atoms with Crippen molar-refractivity contribution in [1.29, 1.82) is 0 Å². The van der Waals surface area contributed by atoms with E-state index in [2.05, 4.69) is 21.2 Å². The summed E-state index contributed by atoms with van der Waals surface area (Å²) >= 11 is 3.33. The third-order valence-corrected chi connectivity index (χ3v) is 3.52. The summed E-state index contributed by atoms with van der Waals surface area (Å²) < 4.78 is 0.939. The van der Waals surface area contributed by atoms with Crippen LogP contribution >= 0.6 is 15.9 Å². The van der Waals surface area contributed by atoms with Crippen LogP contribution in [0.25, 0.3) is 0 Å². The second-order valence-electron chi connectivity index (χ2n) is 4.84. The largest absolute Gasteiger partial charge is 0.480 e. The molecule has 0 saturated carbocycles. The summed E-state index contributed by atoms with van der Waals surface area (Å²) in [6.45, 7) is 5.30. The Morgan fingerprint density at radius 1 is 1.16 bits per heavy atom. The van der Waals surface area contributed by atoms with Gasteiger partial charge in [-0.1, -0.05) is 41.9 Å². The van der Waals surface area contributed by atoms with Crippen LogP contribution in [0.15, 0.2) is 28.7 Å². The maximum Gasteiger partial charge on any atom is 0.326 e. The number of nitrogens with one attached hydrogen (secondary N) is 1. The van der Waals surface area contributed by atoms with Crippen LogP contribution in [-0.2, 0) is 9.59 Å². The lowest BCUT2D eigenvalue weighted by atomic mass is 9.98. The zero-order valence-electron chi connectivity index (χ0n) is 11.2. The lowest BCUT2D eigenvalue weighted by Crippen LogP contribution is -2.45. The van der Waals surface area contributed by atoms with E-state index >= 15 is 0 Å². The second-order valence-corrected chi connectivity index (χ2v) is 5.76.